The third kappa shape index (κ3) is 1.14. The fourth-order valence-electron chi connectivity index (χ4n) is 2.82. The second kappa shape index (κ2) is 3.09. The number of nitriles is 1. The van der Waals surface area contributed by atoms with E-state index < -0.39 is 0 Å². The van der Waals surface area contributed by atoms with Crippen molar-refractivity contribution in [3.8, 4) is 6.07 Å². The predicted octanol–water partition coefficient (Wildman–Crippen LogP) is 3.26. The minimum absolute atomic E-state index is 0.139. The molecule has 0 aromatic carbocycles. The molecule has 12 heavy (non-hydrogen) atoms. The molecule has 0 saturated heterocycles. The van der Waals surface area contributed by atoms with Crippen LogP contribution in [-0.2, 0) is 0 Å². The maximum Gasteiger partial charge on any atom is 0.0692 e. The van der Waals surface area contributed by atoms with Crippen LogP contribution in [0, 0.1) is 22.7 Å². The van der Waals surface area contributed by atoms with Crippen LogP contribution < -0.4 is 0 Å². The molecule has 0 spiro atoms. The molecule has 0 amide bonds. The van der Waals surface area contributed by atoms with Crippen LogP contribution in [0.5, 0.6) is 0 Å². The number of nitrogens with zero attached hydrogens (tertiary/aromatic N) is 1. The van der Waals surface area contributed by atoms with E-state index >= 15 is 0 Å². The fraction of sp³-hybridized carbons (Fsp3) is 0.909. The smallest absolute Gasteiger partial charge is 0.0692 e. The van der Waals surface area contributed by atoms with Gasteiger partial charge in [0.15, 0.2) is 0 Å². The van der Waals surface area contributed by atoms with E-state index in [-0.39, 0.29) is 5.41 Å². The van der Waals surface area contributed by atoms with Crippen LogP contribution in [0.15, 0.2) is 0 Å². The van der Waals surface area contributed by atoms with Gasteiger partial charge in [0.05, 0.1) is 11.5 Å². The summed E-state index contributed by atoms with van der Waals surface area (Å²) in [4.78, 5) is 0. The molecule has 0 bridgehead atoms. The van der Waals surface area contributed by atoms with Crippen molar-refractivity contribution in [3.05, 3.63) is 0 Å². The molecule has 2 saturated carbocycles. The minimum Gasteiger partial charge on any atom is -0.198 e. The van der Waals surface area contributed by atoms with Gasteiger partial charge >= 0.3 is 0 Å². The van der Waals surface area contributed by atoms with Crippen molar-refractivity contribution in [3.63, 3.8) is 0 Å². The number of rotatable bonds is 1. The van der Waals surface area contributed by atoms with Gasteiger partial charge in [0.25, 0.3) is 0 Å². The van der Waals surface area contributed by atoms with E-state index in [1.807, 2.05) is 0 Å². The van der Waals surface area contributed by atoms with Crippen LogP contribution in [-0.4, -0.2) is 0 Å². The van der Waals surface area contributed by atoms with Gasteiger partial charge in [0.2, 0.25) is 0 Å². The highest BCUT2D eigenvalue weighted by Crippen LogP contribution is 2.51. The van der Waals surface area contributed by atoms with Gasteiger partial charge in [-0.1, -0.05) is 25.7 Å². The first-order valence-corrected chi connectivity index (χ1v) is 5.29. The lowest BCUT2D eigenvalue weighted by molar-refractivity contribution is 0.0865. The van der Waals surface area contributed by atoms with Crippen molar-refractivity contribution in [2.24, 2.45) is 11.3 Å². The van der Waals surface area contributed by atoms with Gasteiger partial charge in [-0.3, -0.25) is 0 Å². The maximum atomic E-state index is 9.14. The Kier molecular flexibility index (Phi) is 2.09. The summed E-state index contributed by atoms with van der Waals surface area (Å²) in [6, 6.07) is 2.58. The predicted molar refractivity (Wildman–Crippen MR) is 48.5 cm³/mol. The Bertz CT molecular complexity index is 192. The zero-order valence-electron chi connectivity index (χ0n) is 7.68. The summed E-state index contributed by atoms with van der Waals surface area (Å²) < 4.78 is 0. The third-order valence-corrected chi connectivity index (χ3v) is 3.86. The van der Waals surface area contributed by atoms with Gasteiger partial charge in [-0.15, -0.1) is 0 Å². The molecule has 0 unspecified atom stereocenters. The second-order valence-electron chi connectivity index (χ2n) is 4.46. The van der Waals surface area contributed by atoms with Gasteiger partial charge in [-0.25, -0.2) is 0 Å². The number of hydrogen-bond acceptors (Lipinski definition) is 1. The van der Waals surface area contributed by atoms with Crippen molar-refractivity contribution in [1.29, 1.82) is 5.26 Å². The quantitative estimate of drug-likeness (QED) is 0.582. The molecule has 2 fully saturated rings. The molecule has 0 N–H and O–H groups in total. The Morgan fingerprint density at radius 3 is 2.08 bits per heavy atom. The van der Waals surface area contributed by atoms with E-state index in [1.165, 1.54) is 51.4 Å². The lowest BCUT2D eigenvalue weighted by Crippen LogP contribution is -2.37. The second-order valence-corrected chi connectivity index (χ2v) is 4.46. The van der Waals surface area contributed by atoms with Crippen LogP contribution in [0.4, 0.5) is 0 Å². The third-order valence-electron chi connectivity index (χ3n) is 3.86. The van der Waals surface area contributed by atoms with Crippen molar-refractivity contribution in [2.45, 2.75) is 51.4 Å². The Hall–Kier alpha value is -0.510. The molecule has 2 rings (SSSR count). The van der Waals surface area contributed by atoms with E-state index in [1.54, 1.807) is 0 Å². The van der Waals surface area contributed by atoms with Crippen molar-refractivity contribution in [2.75, 3.05) is 0 Å². The van der Waals surface area contributed by atoms with Gasteiger partial charge in [-0.05, 0) is 31.6 Å². The van der Waals surface area contributed by atoms with E-state index in [4.69, 9.17) is 5.26 Å². The van der Waals surface area contributed by atoms with Gasteiger partial charge < -0.3 is 0 Å². The summed E-state index contributed by atoms with van der Waals surface area (Å²) in [6.07, 6.45) is 10.5. The molecule has 0 aliphatic heterocycles. The first kappa shape index (κ1) is 8.10. The average molecular weight is 163 g/mol. The molecule has 2 aliphatic rings. The highest BCUT2D eigenvalue weighted by atomic mass is 14.5. The van der Waals surface area contributed by atoms with Crippen LogP contribution in [0.2, 0.25) is 0 Å². The van der Waals surface area contributed by atoms with E-state index in [0.29, 0.717) is 0 Å². The van der Waals surface area contributed by atoms with Crippen molar-refractivity contribution in [1.82, 2.24) is 0 Å². The van der Waals surface area contributed by atoms with Gasteiger partial charge in [-0.2, -0.15) is 5.26 Å². The highest BCUT2D eigenvalue weighted by Gasteiger charge is 2.44. The van der Waals surface area contributed by atoms with E-state index in [9.17, 15) is 0 Å². The summed E-state index contributed by atoms with van der Waals surface area (Å²) in [5.41, 5.74) is 0.139. The van der Waals surface area contributed by atoms with Crippen molar-refractivity contribution < 1.29 is 0 Å². The largest absolute Gasteiger partial charge is 0.198 e. The van der Waals surface area contributed by atoms with E-state index in [2.05, 4.69) is 6.07 Å². The molecule has 66 valence electrons. The monoisotopic (exact) mass is 163 g/mol. The summed E-state index contributed by atoms with van der Waals surface area (Å²) in [6.45, 7) is 0. The molecule has 2 aliphatic carbocycles. The molecule has 1 nitrogen and oxygen atoms in total. The van der Waals surface area contributed by atoms with Crippen molar-refractivity contribution >= 4 is 0 Å². The molecule has 0 aromatic heterocycles. The molecular weight excluding hydrogens is 146 g/mol. The molecule has 0 radical (unpaired) electrons. The van der Waals surface area contributed by atoms with Crippen LogP contribution in [0.1, 0.15) is 51.4 Å². The summed E-state index contributed by atoms with van der Waals surface area (Å²) in [7, 11) is 0. The highest BCUT2D eigenvalue weighted by molar-refractivity contribution is 5.08. The zero-order chi connectivity index (χ0) is 8.44. The first-order valence-electron chi connectivity index (χ1n) is 5.29. The Morgan fingerprint density at radius 2 is 1.67 bits per heavy atom. The molecular formula is C11H17N. The van der Waals surface area contributed by atoms with Crippen LogP contribution >= 0.6 is 0 Å². The van der Waals surface area contributed by atoms with Crippen LogP contribution in [0.3, 0.4) is 0 Å². The average Bonchev–Trinajstić information content (AvgIpc) is 2.05. The minimum atomic E-state index is 0.139. The normalized spacial score (nSPS) is 28.9. The SMILES string of the molecule is N#CC1(C2CCCCC2)CCC1. The lowest BCUT2D eigenvalue weighted by Gasteiger charge is -2.43. The number of hydrogen-bond donors (Lipinski definition) is 0. The van der Waals surface area contributed by atoms with E-state index in [0.717, 1.165) is 5.92 Å². The zero-order valence-corrected chi connectivity index (χ0v) is 7.68. The summed E-state index contributed by atoms with van der Waals surface area (Å²) in [5.74, 6) is 0.755. The summed E-state index contributed by atoms with van der Waals surface area (Å²) >= 11 is 0. The fourth-order valence-corrected chi connectivity index (χ4v) is 2.82. The first-order chi connectivity index (χ1) is 5.87. The van der Waals surface area contributed by atoms with Crippen LogP contribution in [0.25, 0.3) is 0 Å². The topological polar surface area (TPSA) is 23.8 Å². The van der Waals surface area contributed by atoms with Gasteiger partial charge in [0, 0.05) is 0 Å². The Morgan fingerprint density at radius 1 is 1.00 bits per heavy atom. The standard InChI is InChI=1S/C11H17N/c12-9-11(7-4-8-11)10-5-2-1-3-6-10/h10H,1-8H2. The molecule has 0 aromatic rings. The maximum absolute atomic E-state index is 9.14. The molecule has 0 atom stereocenters. The lowest BCUT2D eigenvalue weighted by atomic mass is 9.58. The van der Waals surface area contributed by atoms with Gasteiger partial charge in [0.1, 0.15) is 0 Å². The Labute approximate surface area is 74.8 Å². The summed E-state index contributed by atoms with van der Waals surface area (Å²) in [5, 5.41) is 9.14. The Balaban J connectivity index is 2.01. The molecule has 0 heterocycles. The molecule has 1 heteroatoms.